The summed E-state index contributed by atoms with van der Waals surface area (Å²) in [6.07, 6.45) is 0. The van der Waals surface area contributed by atoms with Gasteiger partial charge < -0.3 is 19.4 Å². The molecule has 2 amide bonds. The van der Waals surface area contributed by atoms with E-state index in [1.54, 1.807) is 16.8 Å². The van der Waals surface area contributed by atoms with Gasteiger partial charge in [-0.2, -0.15) is 0 Å². The Labute approximate surface area is 143 Å². The molecule has 130 valence electrons. The Hall–Kier alpha value is -1.92. The quantitative estimate of drug-likeness (QED) is 0.805. The minimum Gasteiger partial charge on any atom is -0.361 e. The number of benzene rings is 1. The van der Waals surface area contributed by atoms with Crippen LogP contribution in [0.1, 0.15) is 11.5 Å². The normalized spacial score (nSPS) is 27.3. The lowest BCUT2D eigenvalue weighted by molar-refractivity contribution is -0.167. The number of likely N-dealkylation sites (N-methyl/N-ethyl adjacent to an activating group) is 2. The average molecular weight is 331 g/mol. The molecular formula is C18H25N3O3. The molecule has 0 bridgehead atoms. The van der Waals surface area contributed by atoms with Crippen molar-refractivity contribution in [2.45, 2.75) is 11.5 Å². The van der Waals surface area contributed by atoms with Crippen molar-refractivity contribution in [1.29, 1.82) is 0 Å². The molecule has 6 heteroatoms. The first-order valence-electron chi connectivity index (χ1n) is 8.31. The SMILES string of the molecule is CN(C)CC(=O)N1CCO[C@]2(C1)C(=O)N(C)C[C@H]2c1ccccc1. The van der Waals surface area contributed by atoms with Crippen LogP contribution in [0.4, 0.5) is 0 Å². The molecule has 0 aliphatic carbocycles. The highest BCUT2D eigenvalue weighted by molar-refractivity contribution is 5.90. The van der Waals surface area contributed by atoms with Gasteiger partial charge in [-0.3, -0.25) is 9.59 Å². The maximum absolute atomic E-state index is 12.9. The lowest BCUT2D eigenvalue weighted by Gasteiger charge is -2.42. The fourth-order valence-electron chi connectivity index (χ4n) is 3.71. The molecule has 2 fully saturated rings. The number of amides is 2. The fourth-order valence-corrected chi connectivity index (χ4v) is 3.71. The Bertz CT molecular complexity index is 619. The molecule has 2 atom stereocenters. The van der Waals surface area contributed by atoms with Gasteiger partial charge in [0.25, 0.3) is 5.91 Å². The molecule has 3 rings (SSSR count). The second-order valence-corrected chi connectivity index (χ2v) is 6.94. The van der Waals surface area contributed by atoms with Crippen LogP contribution in [-0.2, 0) is 14.3 Å². The zero-order valence-electron chi connectivity index (χ0n) is 14.6. The van der Waals surface area contributed by atoms with Crippen molar-refractivity contribution in [2.24, 2.45) is 0 Å². The Balaban J connectivity index is 1.90. The van der Waals surface area contributed by atoms with E-state index in [9.17, 15) is 9.59 Å². The van der Waals surface area contributed by atoms with Crippen LogP contribution in [0.2, 0.25) is 0 Å². The summed E-state index contributed by atoms with van der Waals surface area (Å²) in [6.45, 7) is 2.20. The van der Waals surface area contributed by atoms with E-state index in [1.807, 2.05) is 49.3 Å². The molecule has 2 heterocycles. The van der Waals surface area contributed by atoms with Crippen molar-refractivity contribution in [1.82, 2.24) is 14.7 Å². The highest BCUT2D eigenvalue weighted by Gasteiger charge is 2.57. The van der Waals surface area contributed by atoms with Crippen molar-refractivity contribution in [3.63, 3.8) is 0 Å². The summed E-state index contributed by atoms with van der Waals surface area (Å²) in [7, 11) is 5.54. The van der Waals surface area contributed by atoms with Gasteiger partial charge in [-0.25, -0.2) is 0 Å². The summed E-state index contributed by atoms with van der Waals surface area (Å²) in [5.74, 6) is -0.0540. The van der Waals surface area contributed by atoms with E-state index in [0.29, 0.717) is 32.8 Å². The second-order valence-electron chi connectivity index (χ2n) is 6.94. The molecule has 1 aromatic rings. The predicted molar refractivity (Wildman–Crippen MR) is 90.6 cm³/mol. The molecule has 0 saturated carbocycles. The maximum Gasteiger partial charge on any atom is 0.257 e. The highest BCUT2D eigenvalue weighted by Crippen LogP contribution is 2.41. The number of hydrogen-bond acceptors (Lipinski definition) is 4. The van der Waals surface area contributed by atoms with E-state index in [4.69, 9.17) is 4.74 Å². The first-order valence-corrected chi connectivity index (χ1v) is 8.31. The Morgan fingerprint density at radius 2 is 2.04 bits per heavy atom. The van der Waals surface area contributed by atoms with Gasteiger partial charge in [0.2, 0.25) is 5.91 Å². The van der Waals surface area contributed by atoms with Crippen molar-refractivity contribution in [3.05, 3.63) is 35.9 Å². The van der Waals surface area contributed by atoms with Crippen LogP contribution in [0, 0.1) is 0 Å². The van der Waals surface area contributed by atoms with E-state index in [0.717, 1.165) is 5.56 Å². The maximum atomic E-state index is 12.9. The summed E-state index contributed by atoms with van der Waals surface area (Å²) in [4.78, 5) is 30.7. The van der Waals surface area contributed by atoms with Gasteiger partial charge in [0.05, 0.1) is 19.7 Å². The molecular weight excluding hydrogens is 306 g/mol. The predicted octanol–water partition coefficient (Wildman–Crippen LogP) is 0.401. The Morgan fingerprint density at radius 1 is 1.33 bits per heavy atom. The first kappa shape index (κ1) is 16.9. The molecule has 1 spiro atoms. The van der Waals surface area contributed by atoms with Crippen LogP contribution in [0.15, 0.2) is 30.3 Å². The van der Waals surface area contributed by atoms with Gasteiger partial charge in [-0.05, 0) is 19.7 Å². The van der Waals surface area contributed by atoms with E-state index in [2.05, 4.69) is 0 Å². The van der Waals surface area contributed by atoms with Crippen LogP contribution < -0.4 is 0 Å². The van der Waals surface area contributed by atoms with Crippen LogP contribution in [-0.4, -0.2) is 86.0 Å². The highest BCUT2D eigenvalue weighted by atomic mass is 16.5. The number of carbonyl (C=O) groups excluding carboxylic acids is 2. The summed E-state index contributed by atoms with van der Waals surface area (Å²) in [6, 6.07) is 9.98. The number of rotatable bonds is 3. The largest absolute Gasteiger partial charge is 0.361 e. The van der Waals surface area contributed by atoms with Crippen LogP contribution in [0.3, 0.4) is 0 Å². The molecule has 2 aliphatic rings. The molecule has 0 radical (unpaired) electrons. The van der Waals surface area contributed by atoms with Gasteiger partial charge in [-0.1, -0.05) is 30.3 Å². The monoisotopic (exact) mass is 331 g/mol. The van der Waals surface area contributed by atoms with Gasteiger partial charge >= 0.3 is 0 Å². The van der Waals surface area contributed by atoms with Crippen molar-refractivity contribution >= 4 is 11.8 Å². The number of likely N-dealkylation sites (tertiary alicyclic amines) is 1. The van der Waals surface area contributed by atoms with Gasteiger partial charge in [0.15, 0.2) is 5.60 Å². The molecule has 0 aromatic heterocycles. The summed E-state index contributed by atoms with van der Waals surface area (Å²) < 4.78 is 6.06. The smallest absolute Gasteiger partial charge is 0.257 e. The number of hydrogen-bond donors (Lipinski definition) is 0. The number of morpholine rings is 1. The van der Waals surface area contributed by atoms with E-state index in [-0.39, 0.29) is 17.7 Å². The fraction of sp³-hybridized carbons (Fsp3) is 0.556. The number of carbonyl (C=O) groups is 2. The molecule has 1 aromatic carbocycles. The molecule has 0 unspecified atom stereocenters. The van der Waals surface area contributed by atoms with Crippen molar-refractivity contribution in [3.8, 4) is 0 Å². The standard InChI is InChI=1S/C18H25N3O3/c1-19(2)12-16(22)21-9-10-24-18(13-21)15(11-20(3)17(18)23)14-7-5-4-6-8-14/h4-8,15H,9-13H2,1-3H3/t15-,18-/m0/s1. The third-order valence-corrected chi connectivity index (χ3v) is 4.88. The second kappa shape index (κ2) is 6.53. The van der Waals surface area contributed by atoms with Gasteiger partial charge in [-0.15, -0.1) is 0 Å². The van der Waals surface area contributed by atoms with Gasteiger partial charge in [0, 0.05) is 26.1 Å². The summed E-state index contributed by atoms with van der Waals surface area (Å²) in [5.41, 5.74) is 0.119. The van der Waals surface area contributed by atoms with Gasteiger partial charge in [0.1, 0.15) is 0 Å². The minimum absolute atomic E-state index is 0.0290. The topological polar surface area (TPSA) is 53.1 Å². The lowest BCUT2D eigenvalue weighted by Crippen LogP contribution is -2.60. The van der Waals surface area contributed by atoms with E-state index >= 15 is 0 Å². The molecule has 24 heavy (non-hydrogen) atoms. The van der Waals surface area contributed by atoms with Crippen LogP contribution in [0.25, 0.3) is 0 Å². The summed E-state index contributed by atoms with van der Waals surface area (Å²) in [5, 5.41) is 0. The molecule has 2 aliphatic heterocycles. The lowest BCUT2D eigenvalue weighted by atomic mass is 9.83. The minimum atomic E-state index is -0.962. The average Bonchev–Trinajstić information content (AvgIpc) is 2.80. The first-order chi connectivity index (χ1) is 11.4. The molecule has 0 N–H and O–H groups in total. The zero-order valence-corrected chi connectivity index (χ0v) is 14.6. The molecule has 2 saturated heterocycles. The molecule has 6 nitrogen and oxygen atoms in total. The van der Waals surface area contributed by atoms with Crippen LogP contribution in [0.5, 0.6) is 0 Å². The third-order valence-electron chi connectivity index (χ3n) is 4.88. The summed E-state index contributed by atoms with van der Waals surface area (Å²) >= 11 is 0. The third kappa shape index (κ3) is 2.91. The van der Waals surface area contributed by atoms with Crippen molar-refractivity contribution in [2.75, 3.05) is 53.9 Å². The Kier molecular flexibility index (Phi) is 4.60. The van der Waals surface area contributed by atoms with Crippen LogP contribution >= 0.6 is 0 Å². The van der Waals surface area contributed by atoms with E-state index in [1.165, 1.54) is 0 Å². The number of ether oxygens (including phenoxy) is 1. The van der Waals surface area contributed by atoms with Crippen molar-refractivity contribution < 1.29 is 14.3 Å². The zero-order chi connectivity index (χ0) is 17.3. The van der Waals surface area contributed by atoms with E-state index < -0.39 is 5.60 Å². The Morgan fingerprint density at radius 3 is 2.71 bits per heavy atom. The number of nitrogens with zero attached hydrogens (tertiary/aromatic N) is 3.